The normalized spacial score (nSPS) is 11.9. The quantitative estimate of drug-likeness (QED) is 0.595. The number of amides is 1. The standard InChI is InChI=1S/C17H18N4O2/c1-11-8-12(2)21(20-11)10-17(22)19-18-13(3)16-9-14-6-4-5-7-15(14)23-16/h4-9H,10H2,1-3H3,(H,19,22)/b18-13+. The van der Waals surface area contributed by atoms with Gasteiger partial charge in [-0.15, -0.1) is 0 Å². The summed E-state index contributed by atoms with van der Waals surface area (Å²) in [5, 5.41) is 9.36. The first-order valence-corrected chi connectivity index (χ1v) is 7.36. The molecule has 1 N–H and O–H groups in total. The van der Waals surface area contributed by atoms with E-state index >= 15 is 0 Å². The van der Waals surface area contributed by atoms with Gasteiger partial charge >= 0.3 is 0 Å². The van der Waals surface area contributed by atoms with Gasteiger partial charge in [0.05, 0.1) is 5.69 Å². The van der Waals surface area contributed by atoms with Gasteiger partial charge in [0, 0.05) is 11.1 Å². The number of nitrogens with one attached hydrogen (secondary N) is 1. The summed E-state index contributed by atoms with van der Waals surface area (Å²) in [5.74, 6) is 0.407. The number of hydrogen-bond donors (Lipinski definition) is 1. The van der Waals surface area contributed by atoms with E-state index in [0.717, 1.165) is 22.4 Å². The molecule has 0 aliphatic heterocycles. The van der Waals surface area contributed by atoms with Crippen molar-refractivity contribution in [3.63, 3.8) is 0 Å². The van der Waals surface area contributed by atoms with E-state index in [4.69, 9.17) is 4.42 Å². The molecule has 0 aliphatic rings. The lowest BCUT2D eigenvalue weighted by Gasteiger charge is -2.03. The van der Waals surface area contributed by atoms with Gasteiger partial charge in [-0.1, -0.05) is 18.2 Å². The van der Waals surface area contributed by atoms with Crippen molar-refractivity contribution < 1.29 is 9.21 Å². The molecular weight excluding hydrogens is 292 g/mol. The van der Waals surface area contributed by atoms with Crippen molar-refractivity contribution in [2.24, 2.45) is 5.10 Å². The molecule has 2 aromatic heterocycles. The molecule has 3 rings (SSSR count). The Hall–Kier alpha value is -2.89. The molecule has 0 fully saturated rings. The highest BCUT2D eigenvalue weighted by molar-refractivity contribution is 6.00. The molecule has 2 heterocycles. The molecule has 0 bridgehead atoms. The fourth-order valence-corrected chi connectivity index (χ4v) is 2.37. The van der Waals surface area contributed by atoms with Crippen LogP contribution in [-0.2, 0) is 11.3 Å². The maximum absolute atomic E-state index is 12.0. The molecule has 0 aliphatic carbocycles. The molecule has 118 valence electrons. The van der Waals surface area contributed by atoms with Crippen molar-refractivity contribution in [2.75, 3.05) is 0 Å². The Kier molecular flexibility index (Phi) is 3.97. The van der Waals surface area contributed by atoms with Gasteiger partial charge in [-0.25, -0.2) is 5.43 Å². The number of hydrazone groups is 1. The summed E-state index contributed by atoms with van der Waals surface area (Å²) in [6.45, 7) is 5.74. The first kappa shape index (κ1) is 15.0. The molecule has 3 aromatic rings. The predicted octanol–water partition coefficient (Wildman–Crippen LogP) is 2.79. The minimum atomic E-state index is -0.230. The molecule has 6 heteroatoms. The summed E-state index contributed by atoms with van der Waals surface area (Å²) in [6.07, 6.45) is 0. The van der Waals surface area contributed by atoms with E-state index in [1.54, 1.807) is 11.6 Å². The van der Waals surface area contributed by atoms with Crippen LogP contribution in [0.4, 0.5) is 0 Å². The largest absolute Gasteiger partial charge is 0.455 e. The number of benzene rings is 1. The maximum Gasteiger partial charge on any atom is 0.261 e. The molecule has 1 aromatic carbocycles. The number of carbonyl (C=O) groups is 1. The third-order valence-corrected chi connectivity index (χ3v) is 3.53. The zero-order valence-corrected chi connectivity index (χ0v) is 13.3. The summed E-state index contributed by atoms with van der Waals surface area (Å²) < 4.78 is 7.35. The lowest BCUT2D eigenvalue weighted by molar-refractivity contribution is -0.121. The minimum absolute atomic E-state index is 0.135. The van der Waals surface area contributed by atoms with Gasteiger partial charge < -0.3 is 4.42 Å². The van der Waals surface area contributed by atoms with Crippen LogP contribution in [0.25, 0.3) is 11.0 Å². The molecule has 0 unspecified atom stereocenters. The Morgan fingerprint density at radius 3 is 2.78 bits per heavy atom. The van der Waals surface area contributed by atoms with Gasteiger partial charge in [0.15, 0.2) is 5.76 Å². The van der Waals surface area contributed by atoms with E-state index in [9.17, 15) is 4.79 Å². The summed E-state index contributed by atoms with van der Waals surface area (Å²) in [5.41, 5.74) is 5.78. The average Bonchev–Trinajstić information content (AvgIpc) is 3.08. The van der Waals surface area contributed by atoms with Crippen LogP contribution in [0.5, 0.6) is 0 Å². The maximum atomic E-state index is 12.0. The number of furan rings is 1. The zero-order chi connectivity index (χ0) is 16.4. The van der Waals surface area contributed by atoms with Crippen molar-refractivity contribution in [3.05, 3.63) is 53.5 Å². The van der Waals surface area contributed by atoms with E-state index < -0.39 is 0 Å². The van der Waals surface area contributed by atoms with E-state index in [1.807, 2.05) is 50.2 Å². The topological polar surface area (TPSA) is 72.4 Å². The van der Waals surface area contributed by atoms with Crippen molar-refractivity contribution >= 4 is 22.6 Å². The van der Waals surface area contributed by atoms with Gasteiger partial charge in [0.25, 0.3) is 5.91 Å². The number of nitrogens with zero attached hydrogens (tertiary/aromatic N) is 3. The van der Waals surface area contributed by atoms with Crippen LogP contribution in [0.15, 0.2) is 45.9 Å². The first-order valence-electron chi connectivity index (χ1n) is 7.36. The molecule has 0 radical (unpaired) electrons. The number of hydrogen-bond acceptors (Lipinski definition) is 4. The highest BCUT2D eigenvalue weighted by atomic mass is 16.3. The Morgan fingerprint density at radius 2 is 2.09 bits per heavy atom. The SMILES string of the molecule is C/C(=N\NC(=O)Cn1nc(C)cc1C)c1cc2ccccc2o1. The lowest BCUT2D eigenvalue weighted by atomic mass is 10.2. The van der Waals surface area contributed by atoms with Gasteiger partial charge in [0.1, 0.15) is 17.8 Å². The van der Waals surface area contributed by atoms with E-state index in [1.165, 1.54) is 0 Å². The van der Waals surface area contributed by atoms with Gasteiger partial charge in [-0.2, -0.15) is 10.2 Å². The Labute approximate surface area is 133 Å². The molecule has 0 atom stereocenters. The number of para-hydroxylation sites is 1. The van der Waals surface area contributed by atoms with Crippen molar-refractivity contribution in [2.45, 2.75) is 27.3 Å². The van der Waals surface area contributed by atoms with E-state index in [0.29, 0.717) is 11.5 Å². The Morgan fingerprint density at radius 1 is 1.30 bits per heavy atom. The van der Waals surface area contributed by atoms with Crippen LogP contribution < -0.4 is 5.43 Å². The van der Waals surface area contributed by atoms with Crippen molar-refractivity contribution in [1.29, 1.82) is 0 Å². The highest BCUT2D eigenvalue weighted by Crippen LogP contribution is 2.19. The van der Waals surface area contributed by atoms with Crippen LogP contribution in [0, 0.1) is 13.8 Å². The van der Waals surface area contributed by atoms with Crippen molar-refractivity contribution in [3.8, 4) is 0 Å². The third-order valence-electron chi connectivity index (χ3n) is 3.53. The molecule has 0 saturated carbocycles. The summed E-state index contributed by atoms with van der Waals surface area (Å²) in [4.78, 5) is 12.0. The fourth-order valence-electron chi connectivity index (χ4n) is 2.37. The van der Waals surface area contributed by atoms with E-state index in [2.05, 4.69) is 15.6 Å². The first-order chi connectivity index (χ1) is 11.0. The number of aromatic nitrogens is 2. The second kappa shape index (κ2) is 6.08. The van der Waals surface area contributed by atoms with Crippen LogP contribution in [0.1, 0.15) is 24.1 Å². The number of fused-ring (bicyclic) bond motifs is 1. The van der Waals surface area contributed by atoms with Gasteiger partial charge in [0.2, 0.25) is 0 Å². The fraction of sp³-hybridized carbons (Fsp3) is 0.235. The molecule has 6 nitrogen and oxygen atoms in total. The smallest absolute Gasteiger partial charge is 0.261 e. The summed E-state index contributed by atoms with van der Waals surface area (Å²) >= 11 is 0. The highest BCUT2D eigenvalue weighted by Gasteiger charge is 2.09. The molecule has 1 amide bonds. The van der Waals surface area contributed by atoms with Crippen LogP contribution in [-0.4, -0.2) is 21.4 Å². The monoisotopic (exact) mass is 310 g/mol. The summed E-state index contributed by atoms with van der Waals surface area (Å²) in [6, 6.07) is 11.6. The molecule has 0 saturated heterocycles. The van der Waals surface area contributed by atoms with Gasteiger partial charge in [-0.05, 0) is 39.0 Å². The summed E-state index contributed by atoms with van der Waals surface area (Å²) in [7, 11) is 0. The van der Waals surface area contributed by atoms with E-state index in [-0.39, 0.29) is 12.5 Å². The Bertz CT molecular complexity index is 856. The molecule has 0 spiro atoms. The molecule has 23 heavy (non-hydrogen) atoms. The zero-order valence-electron chi connectivity index (χ0n) is 13.3. The Balaban J connectivity index is 1.68. The number of carbonyl (C=O) groups excluding carboxylic acids is 1. The third kappa shape index (κ3) is 3.31. The second-order valence-electron chi connectivity index (χ2n) is 5.47. The minimum Gasteiger partial charge on any atom is -0.455 e. The van der Waals surface area contributed by atoms with Gasteiger partial charge in [-0.3, -0.25) is 9.48 Å². The second-order valence-corrected chi connectivity index (χ2v) is 5.47. The molecular formula is C17H18N4O2. The predicted molar refractivity (Wildman–Crippen MR) is 88.3 cm³/mol. The van der Waals surface area contributed by atoms with Crippen LogP contribution in [0.2, 0.25) is 0 Å². The van der Waals surface area contributed by atoms with Crippen LogP contribution in [0.3, 0.4) is 0 Å². The lowest BCUT2D eigenvalue weighted by Crippen LogP contribution is -2.25. The number of aryl methyl sites for hydroxylation is 2. The van der Waals surface area contributed by atoms with Crippen molar-refractivity contribution in [1.82, 2.24) is 15.2 Å². The average molecular weight is 310 g/mol. The number of rotatable bonds is 4. The van der Waals surface area contributed by atoms with Crippen LogP contribution >= 0.6 is 0 Å².